The van der Waals surface area contributed by atoms with Gasteiger partial charge in [0, 0.05) is 48.6 Å². The number of pyridine rings is 1. The topological polar surface area (TPSA) is 99.1 Å². The van der Waals surface area contributed by atoms with E-state index in [0.29, 0.717) is 41.6 Å². The van der Waals surface area contributed by atoms with Crippen LogP contribution < -0.4 is 9.47 Å². The van der Waals surface area contributed by atoms with Crippen LogP contribution in [0.15, 0.2) is 36.5 Å². The summed E-state index contributed by atoms with van der Waals surface area (Å²) >= 11 is 0. The highest BCUT2D eigenvalue weighted by Crippen LogP contribution is 2.44. The normalized spacial score (nSPS) is 23.8. The van der Waals surface area contributed by atoms with Crippen molar-refractivity contribution in [3.8, 4) is 35.4 Å². The maximum Gasteiger partial charge on any atom is 0.411 e. The third-order valence-corrected chi connectivity index (χ3v) is 11.0. The Balaban J connectivity index is 1.27. The Bertz CT molecular complexity index is 2240. The number of halogens is 3. The number of carbonyl (C=O) groups is 1. The quantitative estimate of drug-likeness (QED) is 0.134. The summed E-state index contributed by atoms with van der Waals surface area (Å²) in [5.74, 6) is 1.32. The largest absolute Gasteiger partial charge is 0.468 e. The molecule has 13 heteroatoms. The first kappa shape index (κ1) is 36.1. The minimum atomic E-state index is -0.958. The summed E-state index contributed by atoms with van der Waals surface area (Å²) in [5.41, 5.74) is 0.0598. The molecule has 4 atom stereocenters. The van der Waals surface area contributed by atoms with Gasteiger partial charge in [0.1, 0.15) is 41.2 Å². The van der Waals surface area contributed by atoms with E-state index in [4.69, 9.17) is 30.4 Å². The van der Waals surface area contributed by atoms with Gasteiger partial charge in [-0.05, 0) is 88.6 Å². The second kappa shape index (κ2) is 13.7. The highest BCUT2D eigenvalue weighted by molar-refractivity contribution is 6.03. The summed E-state index contributed by atoms with van der Waals surface area (Å²) in [6, 6.07) is 5.56. The molecule has 3 saturated heterocycles. The molecule has 4 aromatic rings. The summed E-state index contributed by atoms with van der Waals surface area (Å²) in [6.07, 6.45) is 11.9. The first-order valence-electron chi connectivity index (χ1n) is 18.3. The molecule has 2 bridgehead atoms. The molecule has 4 aliphatic rings. The summed E-state index contributed by atoms with van der Waals surface area (Å²) < 4.78 is 69.9. The van der Waals surface area contributed by atoms with Crippen molar-refractivity contribution in [2.45, 2.75) is 88.7 Å². The minimum Gasteiger partial charge on any atom is -0.468 e. The van der Waals surface area contributed by atoms with E-state index >= 15 is 8.78 Å². The molecule has 0 spiro atoms. The van der Waals surface area contributed by atoms with E-state index in [9.17, 15) is 9.18 Å². The number of hydrogen-bond donors (Lipinski definition) is 0. The van der Waals surface area contributed by atoms with Gasteiger partial charge in [-0.25, -0.2) is 18.0 Å². The summed E-state index contributed by atoms with van der Waals surface area (Å²) in [5, 5.41) is 1.14. The number of alkyl halides is 1. The lowest BCUT2D eigenvalue weighted by Crippen LogP contribution is -2.45. The number of rotatable bonds is 8. The van der Waals surface area contributed by atoms with Gasteiger partial charge in [-0.2, -0.15) is 9.97 Å². The van der Waals surface area contributed by atoms with Crippen LogP contribution in [0.1, 0.15) is 70.6 Å². The number of ether oxygens (including phenoxy) is 4. The molecule has 1 amide bonds. The van der Waals surface area contributed by atoms with E-state index < -0.39 is 28.9 Å². The molecular weight excluding hydrogens is 699 g/mol. The molecule has 2 unspecified atom stereocenters. The third-order valence-electron chi connectivity index (χ3n) is 11.0. The number of amides is 1. The molecule has 0 saturated carbocycles. The average Bonchev–Trinajstić information content (AvgIpc) is 3.75. The molecule has 0 radical (unpaired) electrons. The zero-order chi connectivity index (χ0) is 37.9. The number of aromatic nitrogens is 3. The van der Waals surface area contributed by atoms with Crippen LogP contribution in [0.5, 0.6) is 11.8 Å². The highest BCUT2D eigenvalue weighted by atomic mass is 19.1. The number of methoxy groups -OCH3 is 1. The highest BCUT2D eigenvalue weighted by Gasteiger charge is 2.49. The van der Waals surface area contributed by atoms with Gasteiger partial charge < -0.3 is 18.9 Å². The molecule has 10 nitrogen and oxygen atoms in total. The Labute approximate surface area is 311 Å². The van der Waals surface area contributed by atoms with Gasteiger partial charge in [-0.3, -0.25) is 14.8 Å². The molecule has 54 heavy (non-hydrogen) atoms. The van der Waals surface area contributed by atoms with Crippen molar-refractivity contribution in [1.82, 2.24) is 24.8 Å². The van der Waals surface area contributed by atoms with Crippen LogP contribution in [-0.4, -0.2) is 93.8 Å². The lowest BCUT2D eigenvalue weighted by molar-refractivity contribution is 0.0175. The van der Waals surface area contributed by atoms with Crippen molar-refractivity contribution in [2.75, 3.05) is 33.6 Å². The molecule has 2 aromatic heterocycles. The number of benzene rings is 2. The van der Waals surface area contributed by atoms with Crippen molar-refractivity contribution >= 4 is 33.3 Å². The van der Waals surface area contributed by atoms with Crippen LogP contribution >= 0.6 is 0 Å². The Morgan fingerprint density at radius 3 is 2.72 bits per heavy atom. The van der Waals surface area contributed by atoms with Crippen LogP contribution in [0, 0.1) is 24.0 Å². The molecule has 8 rings (SSSR count). The van der Waals surface area contributed by atoms with Gasteiger partial charge in [0.05, 0.1) is 22.8 Å². The van der Waals surface area contributed by atoms with Crippen LogP contribution in [0.25, 0.3) is 38.5 Å². The number of nitrogens with zero attached hydrogens (tertiary/aromatic N) is 5. The van der Waals surface area contributed by atoms with Crippen molar-refractivity contribution in [2.24, 2.45) is 0 Å². The van der Waals surface area contributed by atoms with Gasteiger partial charge in [0.15, 0.2) is 12.6 Å². The predicted octanol–water partition coefficient (Wildman–Crippen LogP) is 7.60. The number of fused-ring (bicyclic) bond motifs is 5. The average molecular weight is 742 g/mol. The standard InChI is InChI=1S/C41H42F3N5O5/c1-6-29-32(43)11-8-23-16-28(53-22-51-5)17-30(33(23)29)36-34(44)37-31(19-45-36)35(24-14-26-9-10-27(15-24)49(26)39(50)54-40(2,3)4)46-38(47-37)52-21-41-12-7-13-48(41)20-25(42)18-41/h1,8,11,14,16-17,19,25-27H,7,9-10,12-13,15,18,20-22H2,2-5H3/t25-,26?,27?,41+/m1/s1. The van der Waals surface area contributed by atoms with E-state index in [1.165, 1.54) is 19.4 Å². The van der Waals surface area contributed by atoms with Gasteiger partial charge in [-0.15, -0.1) is 6.42 Å². The maximum atomic E-state index is 17.3. The Hall–Kier alpha value is -4.93. The zero-order valence-electron chi connectivity index (χ0n) is 30.8. The first-order chi connectivity index (χ1) is 25.9. The van der Waals surface area contributed by atoms with E-state index in [0.717, 1.165) is 37.8 Å². The fourth-order valence-corrected chi connectivity index (χ4v) is 8.74. The second-order valence-corrected chi connectivity index (χ2v) is 15.7. The summed E-state index contributed by atoms with van der Waals surface area (Å²) in [4.78, 5) is 31.2. The van der Waals surface area contributed by atoms with Crippen LogP contribution in [0.3, 0.4) is 0 Å². The van der Waals surface area contributed by atoms with E-state index in [1.807, 2.05) is 26.8 Å². The first-order valence-corrected chi connectivity index (χ1v) is 18.3. The molecular formula is C41H42F3N5O5. The molecule has 0 aliphatic carbocycles. The number of hydrogen-bond acceptors (Lipinski definition) is 9. The monoisotopic (exact) mass is 741 g/mol. The van der Waals surface area contributed by atoms with E-state index in [-0.39, 0.29) is 65.3 Å². The van der Waals surface area contributed by atoms with Crippen LogP contribution in [-0.2, 0) is 9.47 Å². The lowest BCUT2D eigenvalue weighted by Gasteiger charge is -2.35. The predicted molar refractivity (Wildman–Crippen MR) is 197 cm³/mol. The van der Waals surface area contributed by atoms with Crippen molar-refractivity contribution in [3.63, 3.8) is 0 Å². The summed E-state index contributed by atoms with van der Waals surface area (Å²) in [7, 11) is 1.48. The van der Waals surface area contributed by atoms with Crippen molar-refractivity contribution in [1.29, 1.82) is 0 Å². The minimum absolute atomic E-state index is 0.0463. The molecule has 3 fully saturated rings. The smallest absolute Gasteiger partial charge is 0.411 e. The fourth-order valence-electron chi connectivity index (χ4n) is 8.74. The zero-order valence-corrected chi connectivity index (χ0v) is 30.8. The second-order valence-electron chi connectivity index (χ2n) is 15.7. The molecule has 0 N–H and O–H groups in total. The molecule has 4 aliphatic heterocycles. The van der Waals surface area contributed by atoms with Gasteiger partial charge in [-0.1, -0.05) is 18.1 Å². The maximum absolute atomic E-state index is 17.3. The van der Waals surface area contributed by atoms with Crippen LogP contribution in [0.4, 0.5) is 18.0 Å². The van der Waals surface area contributed by atoms with E-state index in [2.05, 4.69) is 20.8 Å². The van der Waals surface area contributed by atoms with Crippen LogP contribution in [0.2, 0.25) is 0 Å². The van der Waals surface area contributed by atoms with Gasteiger partial charge in [0.25, 0.3) is 0 Å². The van der Waals surface area contributed by atoms with Gasteiger partial charge in [0.2, 0.25) is 0 Å². The molecule has 282 valence electrons. The SMILES string of the molecule is C#Cc1c(F)ccc2cc(OCOC)cc(-c3ncc4c(C5=CC6CCC(C5)N6C(=O)OC(C)(C)C)nc(OC[C@@]56CCCN5C[C@H](F)C6)nc4c3F)c12. The Morgan fingerprint density at radius 2 is 1.96 bits per heavy atom. The molecule has 6 heterocycles. The van der Waals surface area contributed by atoms with E-state index in [1.54, 1.807) is 23.1 Å². The van der Waals surface area contributed by atoms with Crippen molar-refractivity contribution in [3.05, 3.63) is 59.4 Å². The fraction of sp³-hybridized carbons (Fsp3) is 0.463. The Morgan fingerprint density at radius 1 is 1.13 bits per heavy atom. The number of terminal acetylenes is 1. The summed E-state index contributed by atoms with van der Waals surface area (Å²) in [6.45, 7) is 6.70. The Kier molecular flexibility index (Phi) is 9.17. The van der Waals surface area contributed by atoms with Gasteiger partial charge >= 0.3 is 12.1 Å². The number of carbonyl (C=O) groups excluding carboxylic acids is 1. The molecule has 2 aromatic carbocycles. The van der Waals surface area contributed by atoms with Crippen molar-refractivity contribution < 1.29 is 36.9 Å². The lowest BCUT2D eigenvalue weighted by atomic mass is 9.94. The third kappa shape index (κ3) is 6.39.